The van der Waals surface area contributed by atoms with Crippen LogP contribution in [0.15, 0.2) is 156 Å². The molecule has 57 heavy (non-hydrogen) atoms. The molecule has 0 unspecified atom stereocenters. The van der Waals surface area contributed by atoms with E-state index in [0.717, 1.165) is 61.5 Å². The van der Waals surface area contributed by atoms with Crippen molar-refractivity contribution in [2.75, 3.05) is 0 Å². The Morgan fingerprint density at radius 2 is 1.32 bits per heavy atom. The summed E-state index contributed by atoms with van der Waals surface area (Å²) in [7, 11) is 0. The van der Waals surface area contributed by atoms with E-state index in [1.54, 1.807) is 6.20 Å². The molecule has 0 aliphatic carbocycles. The third kappa shape index (κ3) is 7.91. The number of fused-ring (bicyclic) bond motifs is 2. The number of aromatic nitrogens is 3. The SMILES string of the molecule is Cc1cccc(C)c1-c1cc(-c2nc3ccccc3n2-c2c(C(C)C)cccc2C(C)C)[c-]c2cc(-c3ccccc3)oc12.[Ir].[c-]1ccccc1-c1ccccn1. The smallest absolute Gasteiger partial charge is 0.0914 e. The first-order valence-corrected chi connectivity index (χ1v) is 19.4. The van der Waals surface area contributed by atoms with Crippen LogP contribution in [0.2, 0.25) is 0 Å². The second-order valence-electron chi connectivity index (χ2n) is 14.9. The van der Waals surface area contributed by atoms with E-state index in [2.05, 4.69) is 148 Å². The molecule has 0 atom stereocenters. The molecule has 0 N–H and O–H groups in total. The van der Waals surface area contributed by atoms with Gasteiger partial charge in [-0.3, -0.25) is 4.98 Å². The van der Waals surface area contributed by atoms with Crippen molar-refractivity contribution in [3.05, 3.63) is 186 Å². The largest absolute Gasteiger partial charge is 0.499 e. The van der Waals surface area contributed by atoms with Crippen molar-refractivity contribution in [3.63, 3.8) is 0 Å². The van der Waals surface area contributed by atoms with Gasteiger partial charge in [-0.05, 0) is 83.0 Å². The van der Waals surface area contributed by atoms with E-state index in [4.69, 9.17) is 9.40 Å². The van der Waals surface area contributed by atoms with Gasteiger partial charge in [-0.1, -0.05) is 136 Å². The van der Waals surface area contributed by atoms with Crippen molar-refractivity contribution in [2.24, 2.45) is 0 Å². The molecule has 0 bridgehead atoms. The minimum atomic E-state index is 0. The zero-order valence-electron chi connectivity index (χ0n) is 33.2. The standard InChI is InChI=1S/C41H37N2O.C11H8N.Ir/c1-25(2)32-18-13-19-33(26(3)4)39(32)43-36-21-11-10-20-35(36)42-41(43)31-22-30-24-37(29-16-8-7-9-17-29)44-40(30)34(23-31)38-27(5)14-12-15-28(38)6;1-2-6-10(7-3-1)11-8-4-5-9-12-11;/h7-21,23-26H,1-6H3;1-6,8-9H;/q2*-1;. The average Bonchev–Trinajstić information content (AvgIpc) is 3.84. The number of hydrogen-bond acceptors (Lipinski definition) is 3. The van der Waals surface area contributed by atoms with Gasteiger partial charge in [0.25, 0.3) is 0 Å². The molecule has 285 valence electrons. The van der Waals surface area contributed by atoms with Gasteiger partial charge in [-0.25, -0.2) is 0 Å². The van der Waals surface area contributed by atoms with Gasteiger partial charge in [0.05, 0.1) is 28.2 Å². The number of rotatable bonds is 7. The monoisotopic (exact) mass is 920 g/mol. The summed E-state index contributed by atoms with van der Waals surface area (Å²) < 4.78 is 9.04. The Kier molecular flexibility index (Phi) is 11.8. The van der Waals surface area contributed by atoms with Crippen molar-refractivity contribution in [2.45, 2.75) is 53.4 Å². The Hall–Kier alpha value is -5.87. The van der Waals surface area contributed by atoms with Crippen LogP contribution in [0.1, 0.15) is 61.8 Å². The van der Waals surface area contributed by atoms with Gasteiger partial charge in [0.2, 0.25) is 0 Å². The second kappa shape index (κ2) is 17.1. The van der Waals surface area contributed by atoms with E-state index in [-0.39, 0.29) is 20.1 Å². The summed E-state index contributed by atoms with van der Waals surface area (Å²) in [6, 6.07) is 56.9. The molecule has 0 aliphatic heterocycles. The molecule has 0 fully saturated rings. The van der Waals surface area contributed by atoms with Gasteiger partial charge in [0.15, 0.2) is 0 Å². The van der Waals surface area contributed by atoms with Crippen LogP contribution in [0.25, 0.3) is 72.8 Å². The molecule has 3 aromatic heterocycles. The van der Waals surface area contributed by atoms with E-state index in [9.17, 15) is 0 Å². The molecule has 4 nitrogen and oxygen atoms in total. The maximum Gasteiger partial charge on any atom is 0.0914 e. The number of para-hydroxylation sites is 3. The normalized spacial score (nSPS) is 11.2. The quantitative estimate of drug-likeness (QED) is 0.150. The number of aryl methyl sites for hydroxylation is 2. The Morgan fingerprint density at radius 1 is 0.649 bits per heavy atom. The molecule has 0 saturated carbocycles. The van der Waals surface area contributed by atoms with Crippen molar-refractivity contribution >= 4 is 22.0 Å². The summed E-state index contributed by atoms with van der Waals surface area (Å²) in [5.41, 5.74) is 15.4. The van der Waals surface area contributed by atoms with E-state index in [0.29, 0.717) is 11.8 Å². The van der Waals surface area contributed by atoms with Gasteiger partial charge in [-0.15, -0.1) is 48.0 Å². The van der Waals surface area contributed by atoms with Gasteiger partial charge in [0, 0.05) is 37.6 Å². The molecule has 0 saturated heterocycles. The van der Waals surface area contributed by atoms with Crippen LogP contribution < -0.4 is 0 Å². The van der Waals surface area contributed by atoms with Crippen molar-refractivity contribution in [1.29, 1.82) is 0 Å². The number of furan rings is 1. The third-order valence-electron chi connectivity index (χ3n) is 10.4. The molecule has 0 spiro atoms. The molecule has 0 aliphatic rings. The van der Waals surface area contributed by atoms with Gasteiger partial charge < -0.3 is 14.0 Å². The zero-order chi connectivity index (χ0) is 38.8. The summed E-state index contributed by atoms with van der Waals surface area (Å²) in [6.45, 7) is 13.4. The maximum atomic E-state index is 6.66. The van der Waals surface area contributed by atoms with Crippen molar-refractivity contribution in [1.82, 2.24) is 14.5 Å². The topological polar surface area (TPSA) is 43.9 Å². The number of imidazole rings is 1. The van der Waals surface area contributed by atoms with Crippen molar-refractivity contribution < 1.29 is 24.5 Å². The van der Waals surface area contributed by atoms with E-state index in [1.807, 2.05) is 60.7 Å². The van der Waals surface area contributed by atoms with Crippen LogP contribution >= 0.6 is 0 Å². The molecular formula is C52H45IrN3O-2. The first-order chi connectivity index (χ1) is 27.3. The predicted molar refractivity (Wildman–Crippen MR) is 232 cm³/mol. The fourth-order valence-electron chi connectivity index (χ4n) is 7.64. The molecule has 1 radical (unpaired) electrons. The van der Waals surface area contributed by atoms with Crippen LogP contribution in [0, 0.1) is 26.0 Å². The van der Waals surface area contributed by atoms with E-state index < -0.39 is 0 Å². The summed E-state index contributed by atoms with van der Waals surface area (Å²) >= 11 is 0. The minimum absolute atomic E-state index is 0. The van der Waals surface area contributed by atoms with Gasteiger partial charge in [0.1, 0.15) is 0 Å². The number of pyridine rings is 1. The third-order valence-corrected chi connectivity index (χ3v) is 10.4. The zero-order valence-corrected chi connectivity index (χ0v) is 35.6. The number of hydrogen-bond donors (Lipinski definition) is 0. The Balaban J connectivity index is 0.000000326. The molecular weight excluding hydrogens is 875 g/mol. The summed E-state index contributed by atoms with van der Waals surface area (Å²) in [5, 5.41) is 0.943. The summed E-state index contributed by atoms with van der Waals surface area (Å²) in [4.78, 5) is 9.53. The van der Waals surface area contributed by atoms with Gasteiger partial charge in [-0.2, -0.15) is 0 Å². The molecule has 5 heteroatoms. The Morgan fingerprint density at radius 3 is 1.98 bits per heavy atom. The molecule has 0 amide bonds. The van der Waals surface area contributed by atoms with E-state index in [1.165, 1.54) is 33.5 Å². The van der Waals surface area contributed by atoms with Crippen LogP contribution in [-0.2, 0) is 20.1 Å². The predicted octanol–water partition coefficient (Wildman–Crippen LogP) is 14.0. The van der Waals surface area contributed by atoms with Crippen LogP contribution in [0.3, 0.4) is 0 Å². The first kappa shape index (κ1) is 39.4. The number of benzene rings is 6. The summed E-state index contributed by atoms with van der Waals surface area (Å²) in [5.74, 6) is 2.41. The maximum absolute atomic E-state index is 6.66. The van der Waals surface area contributed by atoms with Gasteiger partial charge >= 0.3 is 0 Å². The Labute approximate surface area is 349 Å². The minimum Gasteiger partial charge on any atom is -0.499 e. The second-order valence-corrected chi connectivity index (χ2v) is 14.9. The van der Waals surface area contributed by atoms with E-state index >= 15 is 0 Å². The molecule has 9 rings (SSSR count). The van der Waals surface area contributed by atoms with Crippen LogP contribution in [-0.4, -0.2) is 14.5 Å². The Bertz CT molecular complexity index is 2680. The number of nitrogens with zero attached hydrogens (tertiary/aromatic N) is 3. The first-order valence-electron chi connectivity index (χ1n) is 19.4. The van der Waals surface area contributed by atoms with Crippen LogP contribution in [0.5, 0.6) is 0 Å². The molecule has 9 aromatic rings. The molecule has 6 aromatic carbocycles. The van der Waals surface area contributed by atoms with Crippen LogP contribution in [0.4, 0.5) is 0 Å². The fraction of sp³-hybridized carbons (Fsp3) is 0.154. The summed E-state index contributed by atoms with van der Waals surface area (Å²) in [6.07, 6.45) is 1.79. The fourth-order valence-corrected chi connectivity index (χ4v) is 7.64. The van der Waals surface area contributed by atoms with Crippen molar-refractivity contribution in [3.8, 4) is 50.8 Å². The molecule has 3 heterocycles. The average molecular weight is 920 g/mol.